The van der Waals surface area contributed by atoms with E-state index in [0.717, 1.165) is 25.1 Å². The molecule has 1 aromatic rings. The zero-order valence-corrected chi connectivity index (χ0v) is 9.23. The van der Waals surface area contributed by atoms with Gasteiger partial charge in [-0.05, 0) is 26.7 Å². The van der Waals surface area contributed by atoms with E-state index in [1.807, 2.05) is 13.0 Å². The number of aryl methyl sites for hydroxylation is 1. The van der Waals surface area contributed by atoms with Crippen LogP contribution in [0.4, 0.5) is 0 Å². The van der Waals surface area contributed by atoms with Crippen molar-refractivity contribution in [3.8, 4) is 5.88 Å². The number of rotatable bonds is 2. The summed E-state index contributed by atoms with van der Waals surface area (Å²) >= 11 is 0. The van der Waals surface area contributed by atoms with Crippen LogP contribution in [-0.2, 0) is 0 Å². The Bertz CT molecular complexity index is 321. The van der Waals surface area contributed by atoms with Crippen molar-refractivity contribution in [2.45, 2.75) is 38.8 Å². The van der Waals surface area contributed by atoms with Crippen molar-refractivity contribution in [1.82, 2.24) is 15.3 Å². The van der Waals surface area contributed by atoms with E-state index < -0.39 is 0 Å². The van der Waals surface area contributed by atoms with Crippen molar-refractivity contribution in [2.75, 3.05) is 6.54 Å². The first-order valence-corrected chi connectivity index (χ1v) is 5.43. The molecule has 4 nitrogen and oxygen atoms in total. The summed E-state index contributed by atoms with van der Waals surface area (Å²) in [6.45, 7) is 5.05. The highest BCUT2D eigenvalue weighted by atomic mass is 16.6. The molecule has 1 aliphatic heterocycles. The maximum absolute atomic E-state index is 5.77. The lowest BCUT2D eigenvalue weighted by Gasteiger charge is -2.27. The molecule has 2 heterocycles. The van der Waals surface area contributed by atoms with E-state index in [0.29, 0.717) is 11.9 Å². The fraction of sp³-hybridized carbons (Fsp3) is 0.636. The molecule has 1 fully saturated rings. The molecule has 1 N–H and O–H groups in total. The van der Waals surface area contributed by atoms with Crippen molar-refractivity contribution >= 4 is 0 Å². The van der Waals surface area contributed by atoms with E-state index in [4.69, 9.17) is 4.74 Å². The first kappa shape index (κ1) is 10.4. The van der Waals surface area contributed by atoms with Gasteiger partial charge in [-0.2, -0.15) is 0 Å². The number of nitrogens with zero attached hydrogens (tertiary/aromatic N) is 2. The standard InChI is InChI=1S/C11H17N3O/c1-8-3-4-10(6-12-8)15-11-5-9(2)13-7-14-11/h5,7-8,10,12H,3-4,6H2,1-2H3/t8-,10+/m0/s1/i5+1,9+1,11+1. The van der Waals surface area contributed by atoms with Gasteiger partial charge in [-0.15, -0.1) is 0 Å². The zero-order valence-electron chi connectivity index (χ0n) is 9.23. The smallest absolute Gasteiger partial charge is 0.216 e. The van der Waals surface area contributed by atoms with Crippen molar-refractivity contribution in [3.05, 3.63) is 18.1 Å². The third-order valence-electron chi connectivity index (χ3n) is 2.68. The fourth-order valence-electron chi connectivity index (χ4n) is 1.74. The van der Waals surface area contributed by atoms with E-state index in [2.05, 4.69) is 22.2 Å². The van der Waals surface area contributed by atoms with E-state index >= 15 is 0 Å². The highest BCUT2D eigenvalue weighted by molar-refractivity contribution is 5.12. The SMILES string of the molecule is C[C@H]1CC[C@@H](O[13c]2[13cH][13c](C)ncn2)CN1. The fourth-order valence-corrected chi connectivity index (χ4v) is 1.74. The lowest BCUT2D eigenvalue weighted by atomic mass is 10.0. The molecule has 0 amide bonds. The minimum absolute atomic E-state index is 0.246. The van der Waals surface area contributed by atoms with Gasteiger partial charge >= 0.3 is 0 Å². The predicted octanol–water partition coefficient (Wildman–Crippen LogP) is 1.30. The Kier molecular flexibility index (Phi) is 3.16. The number of ether oxygens (including phenoxy) is 1. The topological polar surface area (TPSA) is 47.0 Å². The molecule has 4 heteroatoms. The first-order chi connectivity index (χ1) is 7.24. The van der Waals surface area contributed by atoms with Gasteiger partial charge in [0.2, 0.25) is 5.88 Å². The Balaban J connectivity index is 1.92. The molecule has 82 valence electrons. The molecule has 0 aliphatic carbocycles. The first-order valence-electron chi connectivity index (χ1n) is 5.43. The molecule has 0 aromatic carbocycles. The van der Waals surface area contributed by atoms with Gasteiger partial charge in [-0.1, -0.05) is 0 Å². The van der Waals surface area contributed by atoms with Crippen LogP contribution in [0.15, 0.2) is 12.4 Å². The molecule has 0 radical (unpaired) electrons. The molecular weight excluding hydrogens is 193 g/mol. The second-order valence-corrected chi connectivity index (χ2v) is 4.12. The zero-order chi connectivity index (χ0) is 10.7. The van der Waals surface area contributed by atoms with Crippen LogP contribution in [0.5, 0.6) is 5.88 Å². The predicted molar refractivity (Wildman–Crippen MR) is 57.9 cm³/mol. The number of aromatic nitrogens is 2. The lowest BCUT2D eigenvalue weighted by Crippen LogP contribution is -2.42. The summed E-state index contributed by atoms with van der Waals surface area (Å²) in [4.78, 5) is 8.13. The largest absolute Gasteiger partial charge is 0.473 e. The minimum atomic E-state index is 0.246. The Morgan fingerprint density at radius 3 is 2.93 bits per heavy atom. The molecule has 0 unspecified atom stereocenters. The monoisotopic (exact) mass is 210 g/mol. The average Bonchev–Trinajstić information content (AvgIpc) is 2.22. The third-order valence-corrected chi connectivity index (χ3v) is 2.68. The van der Waals surface area contributed by atoms with Crippen LogP contribution in [0.2, 0.25) is 0 Å². The minimum Gasteiger partial charge on any atom is -0.473 e. The maximum atomic E-state index is 5.77. The van der Waals surface area contributed by atoms with Crippen LogP contribution in [0.1, 0.15) is 25.5 Å². The van der Waals surface area contributed by atoms with Crippen molar-refractivity contribution in [3.63, 3.8) is 0 Å². The lowest BCUT2D eigenvalue weighted by molar-refractivity contribution is 0.146. The van der Waals surface area contributed by atoms with Crippen molar-refractivity contribution in [2.24, 2.45) is 0 Å². The number of hydrogen-bond donors (Lipinski definition) is 1. The van der Waals surface area contributed by atoms with Gasteiger partial charge in [0.05, 0.1) is 0 Å². The molecule has 0 bridgehead atoms. The second-order valence-electron chi connectivity index (χ2n) is 4.12. The molecule has 1 aliphatic rings. The summed E-state index contributed by atoms with van der Waals surface area (Å²) in [7, 11) is 0. The van der Waals surface area contributed by atoms with Crippen LogP contribution in [-0.4, -0.2) is 28.7 Å². The molecule has 1 aromatic heterocycles. The molecular formula is C11H17N3O. The average molecular weight is 210 g/mol. The van der Waals surface area contributed by atoms with Crippen LogP contribution >= 0.6 is 0 Å². The number of nitrogens with one attached hydrogen (secondary N) is 1. The molecule has 2 atom stereocenters. The van der Waals surface area contributed by atoms with Crippen LogP contribution < -0.4 is 10.1 Å². The Labute approximate surface area is 90.1 Å². The number of hydrogen-bond acceptors (Lipinski definition) is 4. The summed E-state index contributed by atoms with van der Waals surface area (Å²) in [5.74, 6) is 0.684. The molecule has 15 heavy (non-hydrogen) atoms. The summed E-state index contributed by atoms with van der Waals surface area (Å²) in [6.07, 6.45) is 4.05. The molecule has 0 spiro atoms. The summed E-state index contributed by atoms with van der Waals surface area (Å²) in [5, 5.41) is 3.40. The van der Waals surface area contributed by atoms with Crippen molar-refractivity contribution < 1.29 is 4.74 Å². The van der Waals surface area contributed by atoms with Crippen LogP contribution in [0.25, 0.3) is 0 Å². The van der Waals surface area contributed by atoms with Gasteiger partial charge < -0.3 is 10.1 Å². The van der Waals surface area contributed by atoms with Crippen LogP contribution in [0, 0.1) is 6.92 Å². The van der Waals surface area contributed by atoms with E-state index in [9.17, 15) is 0 Å². The summed E-state index contributed by atoms with van der Waals surface area (Å²) < 4.78 is 5.77. The Morgan fingerprint density at radius 2 is 2.27 bits per heavy atom. The molecule has 1 saturated heterocycles. The Morgan fingerprint density at radius 1 is 1.40 bits per heavy atom. The van der Waals surface area contributed by atoms with Crippen molar-refractivity contribution in [1.29, 1.82) is 0 Å². The highest BCUT2D eigenvalue weighted by Crippen LogP contribution is 2.14. The Hall–Kier alpha value is -1.16. The van der Waals surface area contributed by atoms with E-state index in [1.165, 1.54) is 0 Å². The van der Waals surface area contributed by atoms with Gasteiger partial charge in [0.15, 0.2) is 0 Å². The van der Waals surface area contributed by atoms with E-state index in [1.54, 1.807) is 6.33 Å². The second kappa shape index (κ2) is 4.57. The van der Waals surface area contributed by atoms with Gasteiger partial charge in [-0.3, -0.25) is 0 Å². The normalized spacial score (nSPS) is 26.3. The van der Waals surface area contributed by atoms with Gasteiger partial charge in [0, 0.05) is 24.3 Å². The van der Waals surface area contributed by atoms with Crippen LogP contribution in [0.3, 0.4) is 0 Å². The summed E-state index contributed by atoms with van der Waals surface area (Å²) in [6, 6.07) is 2.48. The van der Waals surface area contributed by atoms with Gasteiger partial charge in [0.25, 0.3) is 0 Å². The number of piperidine rings is 1. The molecule has 0 saturated carbocycles. The third kappa shape index (κ3) is 2.89. The summed E-state index contributed by atoms with van der Waals surface area (Å²) in [5.41, 5.74) is 0.942. The quantitative estimate of drug-likeness (QED) is 0.799. The van der Waals surface area contributed by atoms with Gasteiger partial charge in [-0.25, -0.2) is 9.97 Å². The maximum Gasteiger partial charge on any atom is 0.216 e. The highest BCUT2D eigenvalue weighted by Gasteiger charge is 2.19. The molecule has 2 rings (SSSR count). The van der Waals surface area contributed by atoms with E-state index in [-0.39, 0.29) is 6.10 Å². The van der Waals surface area contributed by atoms with Gasteiger partial charge in [0.1, 0.15) is 12.4 Å².